The van der Waals surface area contributed by atoms with Gasteiger partial charge in [-0.3, -0.25) is 9.88 Å². The van der Waals surface area contributed by atoms with E-state index in [0.717, 1.165) is 12.1 Å². The minimum Gasteiger partial charge on any atom is -0.506 e. The van der Waals surface area contributed by atoms with Gasteiger partial charge in [0, 0.05) is 18.8 Å². The molecule has 2 heterocycles. The number of aromatic hydroxyl groups is 1. The Labute approximate surface area is 122 Å². The maximum absolute atomic E-state index is 12.3. The van der Waals surface area contributed by atoms with Crippen molar-refractivity contribution in [2.45, 2.75) is 26.1 Å². The molecule has 0 bridgehead atoms. The van der Waals surface area contributed by atoms with Crippen LogP contribution in [0.4, 0.5) is 13.2 Å². The zero-order valence-electron chi connectivity index (χ0n) is 12.0. The number of aryl methyl sites for hydroxylation is 1. The highest BCUT2D eigenvalue weighted by Gasteiger charge is 2.34. The van der Waals surface area contributed by atoms with Crippen LogP contribution in [0.5, 0.6) is 5.75 Å². The molecule has 1 aliphatic heterocycles. The predicted octanol–water partition coefficient (Wildman–Crippen LogP) is 2.07. The van der Waals surface area contributed by atoms with Crippen LogP contribution in [0.3, 0.4) is 0 Å². The third-order valence-corrected chi connectivity index (χ3v) is 3.59. The third kappa shape index (κ3) is 5.17. The first-order valence-corrected chi connectivity index (χ1v) is 6.99. The Bertz CT molecular complexity index is 479. The second-order valence-corrected chi connectivity index (χ2v) is 5.55. The van der Waals surface area contributed by atoms with Gasteiger partial charge in [0.2, 0.25) is 0 Å². The van der Waals surface area contributed by atoms with E-state index in [1.807, 2.05) is 6.92 Å². The molecule has 0 spiro atoms. The summed E-state index contributed by atoms with van der Waals surface area (Å²) < 4.78 is 36.9. The molecule has 21 heavy (non-hydrogen) atoms. The van der Waals surface area contributed by atoms with E-state index in [2.05, 4.69) is 10.3 Å². The summed E-state index contributed by atoms with van der Waals surface area (Å²) in [5, 5.41) is 12.8. The molecule has 0 saturated carbocycles. The number of nitrogens with zero attached hydrogens (tertiary/aromatic N) is 2. The summed E-state index contributed by atoms with van der Waals surface area (Å²) in [6.45, 7) is 3.00. The molecule has 4 nitrogen and oxygen atoms in total. The summed E-state index contributed by atoms with van der Waals surface area (Å²) in [5.41, 5.74) is 1.39. The maximum Gasteiger partial charge on any atom is 0.401 e. The fraction of sp³-hybridized carbons (Fsp3) is 0.643. The van der Waals surface area contributed by atoms with E-state index in [-0.39, 0.29) is 11.7 Å². The molecule has 1 unspecified atom stereocenters. The van der Waals surface area contributed by atoms with Gasteiger partial charge >= 0.3 is 6.18 Å². The first kappa shape index (κ1) is 16.0. The SMILES string of the molecule is Cc1ccc(O)c(CNCC2CCN(CC(F)(F)F)C2)n1. The van der Waals surface area contributed by atoms with Crippen molar-refractivity contribution >= 4 is 0 Å². The summed E-state index contributed by atoms with van der Waals surface area (Å²) >= 11 is 0. The van der Waals surface area contributed by atoms with E-state index < -0.39 is 12.7 Å². The lowest BCUT2D eigenvalue weighted by Crippen LogP contribution is -2.33. The third-order valence-electron chi connectivity index (χ3n) is 3.59. The summed E-state index contributed by atoms with van der Waals surface area (Å²) in [6, 6.07) is 3.32. The molecule has 118 valence electrons. The molecule has 1 saturated heterocycles. The minimum absolute atomic E-state index is 0.137. The van der Waals surface area contributed by atoms with Gasteiger partial charge in [0.15, 0.2) is 0 Å². The highest BCUT2D eigenvalue weighted by atomic mass is 19.4. The molecule has 1 aliphatic rings. The smallest absolute Gasteiger partial charge is 0.401 e. The molecular weight excluding hydrogens is 283 g/mol. The Balaban J connectivity index is 1.74. The van der Waals surface area contributed by atoms with Gasteiger partial charge in [0.1, 0.15) is 5.75 Å². The van der Waals surface area contributed by atoms with E-state index in [4.69, 9.17) is 0 Å². The number of rotatable bonds is 5. The van der Waals surface area contributed by atoms with Gasteiger partial charge in [-0.1, -0.05) is 0 Å². The Morgan fingerprint density at radius 2 is 2.19 bits per heavy atom. The van der Waals surface area contributed by atoms with Gasteiger partial charge in [-0.25, -0.2) is 0 Å². The maximum atomic E-state index is 12.3. The summed E-state index contributed by atoms with van der Waals surface area (Å²) in [6.07, 6.45) is -3.37. The average molecular weight is 303 g/mol. The second-order valence-electron chi connectivity index (χ2n) is 5.55. The molecule has 0 aliphatic carbocycles. The van der Waals surface area contributed by atoms with E-state index in [9.17, 15) is 18.3 Å². The Morgan fingerprint density at radius 1 is 1.43 bits per heavy atom. The first-order valence-electron chi connectivity index (χ1n) is 6.99. The summed E-state index contributed by atoms with van der Waals surface area (Å²) in [5.74, 6) is 0.345. The van der Waals surface area contributed by atoms with Crippen LogP contribution in [-0.2, 0) is 6.54 Å². The lowest BCUT2D eigenvalue weighted by atomic mass is 10.1. The van der Waals surface area contributed by atoms with Crippen LogP contribution in [0, 0.1) is 12.8 Å². The zero-order valence-corrected chi connectivity index (χ0v) is 12.0. The van der Waals surface area contributed by atoms with Gasteiger partial charge in [-0.05, 0) is 44.5 Å². The van der Waals surface area contributed by atoms with Crippen molar-refractivity contribution in [2.24, 2.45) is 5.92 Å². The average Bonchev–Trinajstić information content (AvgIpc) is 2.79. The van der Waals surface area contributed by atoms with Gasteiger partial charge in [0.25, 0.3) is 0 Å². The largest absolute Gasteiger partial charge is 0.506 e. The summed E-state index contributed by atoms with van der Waals surface area (Å²) in [7, 11) is 0. The summed E-state index contributed by atoms with van der Waals surface area (Å²) in [4.78, 5) is 5.67. The molecule has 0 aromatic carbocycles. The van der Waals surface area contributed by atoms with Crippen LogP contribution in [0.15, 0.2) is 12.1 Å². The van der Waals surface area contributed by atoms with Crippen LogP contribution >= 0.6 is 0 Å². The molecular formula is C14H20F3N3O. The van der Waals surface area contributed by atoms with Crippen LogP contribution in [0.2, 0.25) is 0 Å². The standard InChI is InChI=1S/C14H20F3N3O/c1-10-2-3-13(21)12(19-10)7-18-6-11-4-5-20(8-11)9-14(15,16)17/h2-3,11,18,21H,4-9H2,1H3. The fourth-order valence-electron chi connectivity index (χ4n) is 2.60. The van der Waals surface area contributed by atoms with Crippen molar-refractivity contribution in [3.63, 3.8) is 0 Å². The van der Waals surface area contributed by atoms with Gasteiger partial charge in [-0.2, -0.15) is 13.2 Å². The van der Waals surface area contributed by atoms with Crippen molar-refractivity contribution in [1.82, 2.24) is 15.2 Å². The van der Waals surface area contributed by atoms with Crippen LogP contribution in [0.25, 0.3) is 0 Å². The number of aromatic nitrogens is 1. The lowest BCUT2D eigenvalue weighted by molar-refractivity contribution is -0.143. The number of hydrogen-bond acceptors (Lipinski definition) is 4. The van der Waals surface area contributed by atoms with E-state index in [1.54, 1.807) is 12.1 Å². The molecule has 1 atom stereocenters. The molecule has 7 heteroatoms. The number of hydrogen-bond donors (Lipinski definition) is 2. The number of likely N-dealkylation sites (tertiary alicyclic amines) is 1. The number of pyridine rings is 1. The first-order chi connectivity index (χ1) is 9.83. The van der Waals surface area contributed by atoms with Crippen LogP contribution in [0.1, 0.15) is 17.8 Å². The monoisotopic (exact) mass is 303 g/mol. The fourth-order valence-corrected chi connectivity index (χ4v) is 2.60. The van der Waals surface area contributed by atoms with Gasteiger partial charge in [-0.15, -0.1) is 0 Å². The highest BCUT2D eigenvalue weighted by Crippen LogP contribution is 2.22. The normalized spacial score (nSPS) is 20.1. The van der Waals surface area contributed by atoms with Crippen molar-refractivity contribution in [3.05, 3.63) is 23.5 Å². The van der Waals surface area contributed by atoms with Crippen molar-refractivity contribution < 1.29 is 18.3 Å². The molecule has 0 radical (unpaired) electrons. The Morgan fingerprint density at radius 3 is 2.90 bits per heavy atom. The minimum atomic E-state index is -4.13. The van der Waals surface area contributed by atoms with Crippen molar-refractivity contribution in [1.29, 1.82) is 0 Å². The number of nitrogens with one attached hydrogen (secondary N) is 1. The number of alkyl halides is 3. The van der Waals surface area contributed by atoms with Crippen molar-refractivity contribution in [3.8, 4) is 5.75 Å². The zero-order chi connectivity index (χ0) is 15.5. The van der Waals surface area contributed by atoms with E-state index >= 15 is 0 Å². The number of halogens is 3. The predicted molar refractivity (Wildman–Crippen MR) is 72.9 cm³/mol. The van der Waals surface area contributed by atoms with Gasteiger partial charge in [0.05, 0.1) is 12.2 Å². The second kappa shape index (κ2) is 6.62. The highest BCUT2D eigenvalue weighted by molar-refractivity contribution is 5.27. The van der Waals surface area contributed by atoms with Gasteiger partial charge < -0.3 is 10.4 Å². The molecule has 2 rings (SSSR count). The van der Waals surface area contributed by atoms with E-state index in [1.165, 1.54) is 4.90 Å². The molecule has 1 aromatic rings. The topological polar surface area (TPSA) is 48.4 Å². The molecule has 0 amide bonds. The Kier molecular flexibility index (Phi) is 5.05. The Hall–Kier alpha value is -1.34. The van der Waals surface area contributed by atoms with Crippen LogP contribution < -0.4 is 5.32 Å². The lowest BCUT2D eigenvalue weighted by Gasteiger charge is -2.18. The van der Waals surface area contributed by atoms with Crippen molar-refractivity contribution in [2.75, 3.05) is 26.2 Å². The quantitative estimate of drug-likeness (QED) is 0.874. The molecule has 2 N–H and O–H groups in total. The van der Waals surface area contributed by atoms with E-state index in [0.29, 0.717) is 31.9 Å². The van der Waals surface area contributed by atoms with Crippen LogP contribution in [-0.4, -0.2) is 47.3 Å². The molecule has 1 fully saturated rings. The molecule has 1 aromatic heterocycles.